The van der Waals surface area contributed by atoms with Gasteiger partial charge in [-0.25, -0.2) is 0 Å². The van der Waals surface area contributed by atoms with Gasteiger partial charge in [-0.1, -0.05) is 36.4 Å². The predicted octanol–water partition coefficient (Wildman–Crippen LogP) is 2.05. The van der Waals surface area contributed by atoms with Gasteiger partial charge in [-0.3, -0.25) is 0 Å². The van der Waals surface area contributed by atoms with Crippen LogP contribution in [-0.2, 0) is 6.54 Å². The minimum atomic E-state index is 0.160. The minimum absolute atomic E-state index is 0.160. The Hall–Kier alpha value is -2.73. The summed E-state index contributed by atoms with van der Waals surface area (Å²) in [6.45, 7) is 1.47. The number of hydrogen-bond acceptors (Lipinski definition) is 5. The van der Waals surface area contributed by atoms with Crippen LogP contribution < -0.4 is 4.90 Å². The first kappa shape index (κ1) is 15.2. The van der Waals surface area contributed by atoms with Crippen LogP contribution in [0.4, 0.5) is 5.69 Å². The summed E-state index contributed by atoms with van der Waals surface area (Å²) in [7, 11) is 0. The van der Waals surface area contributed by atoms with Gasteiger partial charge < -0.3 is 10.0 Å². The number of para-hydroxylation sites is 2. The van der Waals surface area contributed by atoms with E-state index >= 15 is 0 Å². The van der Waals surface area contributed by atoms with Gasteiger partial charge in [0.1, 0.15) is 0 Å². The minimum Gasteiger partial charge on any atom is -0.396 e. The normalized spacial score (nSPS) is 10.7. The molecule has 0 aliphatic rings. The molecule has 6 nitrogen and oxygen atoms in total. The average molecular weight is 309 g/mol. The maximum absolute atomic E-state index is 9.15. The van der Waals surface area contributed by atoms with E-state index in [0.717, 1.165) is 23.7 Å². The summed E-state index contributed by atoms with van der Waals surface area (Å²) in [6, 6.07) is 19.9. The van der Waals surface area contributed by atoms with Crippen molar-refractivity contribution in [3.8, 4) is 5.69 Å². The van der Waals surface area contributed by atoms with Crippen LogP contribution in [0.15, 0.2) is 60.7 Å². The molecule has 1 aromatic heterocycles. The van der Waals surface area contributed by atoms with Crippen molar-refractivity contribution in [2.24, 2.45) is 0 Å². The summed E-state index contributed by atoms with van der Waals surface area (Å²) in [5.74, 6) is 0.762. The lowest BCUT2D eigenvalue weighted by molar-refractivity contribution is 0.289. The predicted molar refractivity (Wildman–Crippen MR) is 88.3 cm³/mol. The summed E-state index contributed by atoms with van der Waals surface area (Å²) in [6.07, 6.45) is 0.696. The first-order valence-corrected chi connectivity index (χ1v) is 7.62. The van der Waals surface area contributed by atoms with E-state index in [2.05, 4.69) is 20.4 Å². The number of tetrazole rings is 1. The molecular formula is C17H19N5O. The Labute approximate surface area is 135 Å². The van der Waals surface area contributed by atoms with Crippen molar-refractivity contribution < 1.29 is 5.11 Å². The molecule has 6 heteroatoms. The van der Waals surface area contributed by atoms with Crippen molar-refractivity contribution >= 4 is 5.69 Å². The summed E-state index contributed by atoms with van der Waals surface area (Å²) in [4.78, 5) is 2.17. The van der Waals surface area contributed by atoms with Gasteiger partial charge in [0.2, 0.25) is 0 Å². The highest BCUT2D eigenvalue weighted by Crippen LogP contribution is 2.17. The zero-order chi connectivity index (χ0) is 15.9. The molecule has 2 aromatic carbocycles. The Morgan fingerprint density at radius 1 is 0.957 bits per heavy atom. The van der Waals surface area contributed by atoms with E-state index in [-0.39, 0.29) is 6.61 Å². The highest BCUT2D eigenvalue weighted by Gasteiger charge is 2.13. The molecule has 3 aromatic rings. The lowest BCUT2D eigenvalue weighted by Crippen LogP contribution is -2.26. The first-order chi connectivity index (χ1) is 11.4. The fourth-order valence-electron chi connectivity index (χ4n) is 2.44. The van der Waals surface area contributed by atoms with Crippen LogP contribution in [0.5, 0.6) is 0 Å². The maximum atomic E-state index is 9.15. The van der Waals surface area contributed by atoms with Crippen molar-refractivity contribution in [2.75, 3.05) is 18.1 Å². The topological polar surface area (TPSA) is 67.1 Å². The van der Waals surface area contributed by atoms with E-state index in [9.17, 15) is 0 Å². The molecule has 0 amide bonds. The van der Waals surface area contributed by atoms with Crippen molar-refractivity contribution in [1.82, 2.24) is 20.2 Å². The molecule has 0 saturated carbocycles. The Balaban J connectivity index is 1.85. The summed E-state index contributed by atoms with van der Waals surface area (Å²) in [5, 5.41) is 21.2. The van der Waals surface area contributed by atoms with Gasteiger partial charge in [0, 0.05) is 18.8 Å². The van der Waals surface area contributed by atoms with E-state index in [1.165, 1.54) is 0 Å². The highest BCUT2D eigenvalue weighted by molar-refractivity contribution is 5.46. The average Bonchev–Trinajstić information content (AvgIpc) is 3.08. The fourth-order valence-corrected chi connectivity index (χ4v) is 2.44. The van der Waals surface area contributed by atoms with Gasteiger partial charge in [-0.2, -0.15) is 4.68 Å². The number of aromatic nitrogens is 4. The van der Waals surface area contributed by atoms with E-state index in [1.807, 2.05) is 60.7 Å². The monoisotopic (exact) mass is 309 g/mol. The second-order valence-corrected chi connectivity index (χ2v) is 5.18. The van der Waals surface area contributed by atoms with Gasteiger partial charge in [-0.15, -0.1) is 5.10 Å². The van der Waals surface area contributed by atoms with Crippen LogP contribution in [0.2, 0.25) is 0 Å². The SMILES string of the molecule is OCCCN(Cc1nnnn1-c1ccccc1)c1ccccc1. The molecule has 1 N–H and O–H groups in total. The van der Waals surface area contributed by atoms with Gasteiger partial charge in [0.05, 0.1) is 12.2 Å². The van der Waals surface area contributed by atoms with Crippen LogP contribution in [0.3, 0.4) is 0 Å². The van der Waals surface area contributed by atoms with Gasteiger partial charge >= 0.3 is 0 Å². The molecule has 3 rings (SSSR count). The van der Waals surface area contributed by atoms with Gasteiger partial charge in [0.25, 0.3) is 0 Å². The van der Waals surface area contributed by atoms with Crippen molar-refractivity contribution in [1.29, 1.82) is 0 Å². The Morgan fingerprint density at radius 2 is 1.65 bits per heavy atom. The quantitative estimate of drug-likeness (QED) is 0.723. The number of aliphatic hydroxyl groups is 1. The molecule has 0 radical (unpaired) electrons. The number of rotatable bonds is 7. The second-order valence-electron chi connectivity index (χ2n) is 5.18. The van der Waals surface area contributed by atoms with Crippen molar-refractivity contribution in [3.05, 3.63) is 66.5 Å². The van der Waals surface area contributed by atoms with E-state index in [0.29, 0.717) is 13.0 Å². The zero-order valence-electron chi connectivity index (χ0n) is 12.8. The summed E-state index contributed by atoms with van der Waals surface area (Å²) < 4.78 is 1.74. The lowest BCUT2D eigenvalue weighted by atomic mass is 10.2. The second kappa shape index (κ2) is 7.51. The van der Waals surface area contributed by atoms with Crippen molar-refractivity contribution in [3.63, 3.8) is 0 Å². The molecule has 0 saturated heterocycles. The summed E-state index contributed by atoms with van der Waals surface area (Å²) >= 11 is 0. The third-order valence-corrected chi connectivity index (χ3v) is 3.57. The lowest BCUT2D eigenvalue weighted by Gasteiger charge is -2.24. The molecule has 0 atom stereocenters. The zero-order valence-corrected chi connectivity index (χ0v) is 12.8. The number of aliphatic hydroxyl groups excluding tert-OH is 1. The Kier molecular flexibility index (Phi) is 4.95. The Morgan fingerprint density at radius 3 is 2.35 bits per heavy atom. The van der Waals surface area contributed by atoms with Crippen LogP contribution in [0.1, 0.15) is 12.2 Å². The molecule has 0 unspecified atom stereocenters. The van der Waals surface area contributed by atoms with Gasteiger partial charge in [0.15, 0.2) is 5.82 Å². The van der Waals surface area contributed by atoms with E-state index < -0.39 is 0 Å². The number of nitrogens with zero attached hydrogens (tertiary/aromatic N) is 5. The molecular weight excluding hydrogens is 290 g/mol. The highest BCUT2D eigenvalue weighted by atomic mass is 16.3. The van der Waals surface area contributed by atoms with E-state index in [1.54, 1.807) is 4.68 Å². The smallest absolute Gasteiger partial charge is 0.175 e. The number of benzene rings is 2. The number of anilines is 1. The molecule has 23 heavy (non-hydrogen) atoms. The number of hydrogen-bond donors (Lipinski definition) is 1. The van der Waals surface area contributed by atoms with Crippen LogP contribution in [0.25, 0.3) is 5.69 Å². The third-order valence-electron chi connectivity index (χ3n) is 3.57. The van der Waals surface area contributed by atoms with Gasteiger partial charge in [-0.05, 0) is 41.1 Å². The molecule has 0 spiro atoms. The standard InChI is InChI=1S/C17H19N5O/c23-13-7-12-21(15-8-3-1-4-9-15)14-17-18-19-20-22(17)16-10-5-2-6-11-16/h1-6,8-11,23H,7,12-14H2. The molecule has 0 aliphatic heterocycles. The van der Waals surface area contributed by atoms with Crippen LogP contribution >= 0.6 is 0 Å². The molecule has 118 valence electrons. The summed E-state index contributed by atoms with van der Waals surface area (Å²) in [5.41, 5.74) is 2.02. The third kappa shape index (κ3) is 3.73. The molecule has 0 fully saturated rings. The molecule has 1 heterocycles. The maximum Gasteiger partial charge on any atom is 0.175 e. The largest absolute Gasteiger partial charge is 0.396 e. The Bertz CT molecular complexity index is 714. The van der Waals surface area contributed by atoms with E-state index in [4.69, 9.17) is 5.11 Å². The van der Waals surface area contributed by atoms with Crippen LogP contribution in [0, 0.1) is 0 Å². The van der Waals surface area contributed by atoms with Crippen molar-refractivity contribution in [2.45, 2.75) is 13.0 Å². The molecule has 0 aliphatic carbocycles. The fraction of sp³-hybridized carbons (Fsp3) is 0.235. The van der Waals surface area contributed by atoms with Crippen LogP contribution in [-0.4, -0.2) is 38.5 Å². The first-order valence-electron chi connectivity index (χ1n) is 7.62. The molecule has 0 bridgehead atoms.